The molecule has 0 aromatic heterocycles. The summed E-state index contributed by atoms with van der Waals surface area (Å²) in [5.74, 6) is -0.350. The zero-order valence-corrected chi connectivity index (χ0v) is 14.4. The van der Waals surface area contributed by atoms with E-state index >= 15 is 0 Å². The van der Waals surface area contributed by atoms with Crippen molar-refractivity contribution in [3.63, 3.8) is 0 Å². The summed E-state index contributed by atoms with van der Waals surface area (Å²) in [6, 6.07) is 14.6. The lowest BCUT2D eigenvalue weighted by Crippen LogP contribution is -2.20. The summed E-state index contributed by atoms with van der Waals surface area (Å²) < 4.78 is 0. The van der Waals surface area contributed by atoms with Gasteiger partial charge in [0.15, 0.2) is 0 Å². The standard InChI is InChI=1S/C18H18Cl2N2O/c1-2-3-9-17(13-7-5-4-6-8-13)21-22-18(23)15-11-10-14(19)12-16(15)20/h4-8,10-12H,2-3,9H2,1H3,(H,22,23). The fraction of sp³-hybridized carbons (Fsp3) is 0.222. The average molecular weight is 349 g/mol. The number of hydrogen-bond acceptors (Lipinski definition) is 2. The maximum Gasteiger partial charge on any atom is 0.272 e. The first-order valence-corrected chi connectivity index (χ1v) is 8.24. The Morgan fingerprint density at radius 1 is 1.13 bits per heavy atom. The SMILES string of the molecule is CCCCC(=NNC(=O)c1ccc(Cl)cc1Cl)c1ccccc1. The number of nitrogens with one attached hydrogen (secondary N) is 1. The zero-order valence-electron chi connectivity index (χ0n) is 12.9. The predicted molar refractivity (Wildman–Crippen MR) is 96.4 cm³/mol. The number of nitrogens with zero attached hydrogens (tertiary/aromatic N) is 1. The summed E-state index contributed by atoms with van der Waals surface area (Å²) in [6.07, 6.45) is 2.86. The van der Waals surface area contributed by atoms with E-state index in [9.17, 15) is 4.79 Å². The molecule has 2 aromatic carbocycles. The molecule has 0 radical (unpaired) electrons. The molecule has 0 unspecified atom stereocenters. The maximum atomic E-state index is 12.2. The average Bonchev–Trinajstić information content (AvgIpc) is 2.55. The van der Waals surface area contributed by atoms with Gasteiger partial charge in [0.1, 0.15) is 0 Å². The van der Waals surface area contributed by atoms with Crippen molar-refractivity contribution in [2.24, 2.45) is 5.10 Å². The first-order valence-electron chi connectivity index (χ1n) is 7.49. The number of carbonyl (C=O) groups excluding carboxylic acids is 1. The number of carbonyl (C=O) groups is 1. The van der Waals surface area contributed by atoms with E-state index in [4.69, 9.17) is 23.2 Å². The second-order valence-corrected chi connectivity index (χ2v) is 5.94. The van der Waals surface area contributed by atoms with Crippen LogP contribution in [0.25, 0.3) is 0 Å². The number of amides is 1. The van der Waals surface area contributed by atoms with Crippen LogP contribution in [0.5, 0.6) is 0 Å². The molecule has 0 aliphatic carbocycles. The van der Waals surface area contributed by atoms with Crippen LogP contribution < -0.4 is 5.43 Å². The second-order valence-electron chi connectivity index (χ2n) is 5.09. The Morgan fingerprint density at radius 3 is 2.52 bits per heavy atom. The van der Waals surface area contributed by atoms with E-state index < -0.39 is 0 Å². The van der Waals surface area contributed by atoms with Crippen LogP contribution in [0, 0.1) is 0 Å². The third-order valence-corrected chi connectivity index (χ3v) is 3.89. The summed E-state index contributed by atoms with van der Waals surface area (Å²) >= 11 is 11.9. The van der Waals surface area contributed by atoms with Gasteiger partial charge in [-0.25, -0.2) is 5.43 Å². The van der Waals surface area contributed by atoms with Crippen molar-refractivity contribution in [2.45, 2.75) is 26.2 Å². The van der Waals surface area contributed by atoms with Crippen molar-refractivity contribution in [3.8, 4) is 0 Å². The van der Waals surface area contributed by atoms with Crippen molar-refractivity contribution < 1.29 is 4.79 Å². The lowest BCUT2D eigenvalue weighted by atomic mass is 10.1. The molecule has 2 aromatic rings. The Hall–Kier alpha value is -1.84. The molecule has 0 spiro atoms. The largest absolute Gasteiger partial charge is 0.272 e. The van der Waals surface area contributed by atoms with Gasteiger partial charge in [0, 0.05) is 5.02 Å². The monoisotopic (exact) mass is 348 g/mol. The highest BCUT2D eigenvalue weighted by Gasteiger charge is 2.11. The molecule has 0 atom stereocenters. The molecule has 120 valence electrons. The van der Waals surface area contributed by atoms with Crippen LogP contribution >= 0.6 is 23.2 Å². The number of unbranched alkanes of at least 4 members (excludes halogenated alkanes) is 1. The van der Waals surface area contributed by atoms with Crippen molar-refractivity contribution in [2.75, 3.05) is 0 Å². The molecular formula is C18H18Cl2N2O. The third kappa shape index (κ3) is 5.08. The lowest BCUT2D eigenvalue weighted by Gasteiger charge is -2.08. The molecular weight excluding hydrogens is 331 g/mol. The van der Waals surface area contributed by atoms with Gasteiger partial charge < -0.3 is 0 Å². The molecule has 1 amide bonds. The van der Waals surface area contributed by atoms with Gasteiger partial charge in [0.2, 0.25) is 0 Å². The molecule has 0 saturated carbocycles. The Morgan fingerprint density at radius 2 is 1.87 bits per heavy atom. The van der Waals surface area contributed by atoms with Crippen molar-refractivity contribution in [1.29, 1.82) is 0 Å². The predicted octanol–water partition coefficient (Wildman–Crippen LogP) is 5.32. The molecule has 0 aliphatic rings. The minimum Gasteiger partial charge on any atom is -0.267 e. The topological polar surface area (TPSA) is 41.5 Å². The molecule has 0 saturated heterocycles. The summed E-state index contributed by atoms with van der Waals surface area (Å²) in [5, 5.41) is 5.09. The third-order valence-electron chi connectivity index (χ3n) is 3.34. The molecule has 1 N–H and O–H groups in total. The Bertz CT molecular complexity index is 699. The smallest absolute Gasteiger partial charge is 0.267 e. The normalized spacial score (nSPS) is 11.3. The van der Waals surface area contributed by atoms with E-state index in [0.717, 1.165) is 30.5 Å². The van der Waals surface area contributed by atoms with Gasteiger partial charge in [-0.15, -0.1) is 0 Å². The van der Waals surface area contributed by atoms with Crippen LogP contribution in [0.2, 0.25) is 10.0 Å². The minimum atomic E-state index is -0.350. The van der Waals surface area contributed by atoms with E-state index in [2.05, 4.69) is 17.5 Å². The molecule has 3 nitrogen and oxygen atoms in total. The Balaban J connectivity index is 2.17. The highest BCUT2D eigenvalue weighted by molar-refractivity contribution is 6.36. The van der Waals surface area contributed by atoms with Gasteiger partial charge in [-0.1, -0.05) is 66.9 Å². The number of benzene rings is 2. The lowest BCUT2D eigenvalue weighted by molar-refractivity contribution is 0.0955. The van der Waals surface area contributed by atoms with Crippen LogP contribution in [0.3, 0.4) is 0 Å². The van der Waals surface area contributed by atoms with Crippen LogP contribution in [0.15, 0.2) is 53.6 Å². The number of halogens is 2. The van der Waals surface area contributed by atoms with Gasteiger partial charge in [0.25, 0.3) is 5.91 Å². The number of hydrazone groups is 1. The molecule has 0 bridgehead atoms. The van der Waals surface area contributed by atoms with E-state index in [1.54, 1.807) is 12.1 Å². The van der Waals surface area contributed by atoms with Gasteiger partial charge in [-0.2, -0.15) is 5.10 Å². The van der Waals surface area contributed by atoms with Gasteiger partial charge >= 0.3 is 0 Å². The summed E-state index contributed by atoms with van der Waals surface area (Å²) in [4.78, 5) is 12.2. The Labute approximate surface area is 146 Å². The highest BCUT2D eigenvalue weighted by atomic mass is 35.5. The zero-order chi connectivity index (χ0) is 16.7. The van der Waals surface area contributed by atoms with Crippen molar-refractivity contribution in [3.05, 3.63) is 69.7 Å². The summed E-state index contributed by atoms with van der Waals surface area (Å²) in [5.41, 5.74) is 4.79. The molecule has 0 fully saturated rings. The molecule has 2 rings (SSSR count). The van der Waals surface area contributed by atoms with E-state index in [0.29, 0.717) is 15.6 Å². The molecule has 23 heavy (non-hydrogen) atoms. The summed E-state index contributed by atoms with van der Waals surface area (Å²) in [7, 11) is 0. The van der Waals surface area contributed by atoms with Crippen LogP contribution in [-0.2, 0) is 0 Å². The Kier molecular flexibility index (Phi) is 6.63. The van der Waals surface area contributed by atoms with Crippen molar-refractivity contribution in [1.82, 2.24) is 5.43 Å². The van der Waals surface area contributed by atoms with Crippen LogP contribution in [-0.4, -0.2) is 11.6 Å². The molecule has 5 heteroatoms. The van der Waals surface area contributed by atoms with Gasteiger partial charge in [-0.3, -0.25) is 4.79 Å². The maximum absolute atomic E-state index is 12.2. The molecule has 0 aliphatic heterocycles. The van der Waals surface area contributed by atoms with Crippen molar-refractivity contribution >= 4 is 34.8 Å². The van der Waals surface area contributed by atoms with Gasteiger partial charge in [0.05, 0.1) is 16.3 Å². The summed E-state index contributed by atoms with van der Waals surface area (Å²) in [6.45, 7) is 2.12. The van der Waals surface area contributed by atoms with Gasteiger partial charge in [-0.05, 0) is 36.6 Å². The molecule has 0 heterocycles. The van der Waals surface area contributed by atoms with E-state index in [1.165, 1.54) is 6.07 Å². The number of rotatable bonds is 6. The van der Waals surface area contributed by atoms with E-state index in [1.807, 2.05) is 30.3 Å². The minimum absolute atomic E-state index is 0.306. The quantitative estimate of drug-likeness (QED) is 0.557. The van der Waals surface area contributed by atoms with E-state index in [-0.39, 0.29) is 5.91 Å². The fourth-order valence-corrected chi connectivity index (χ4v) is 2.59. The second kappa shape index (κ2) is 8.70. The van der Waals surface area contributed by atoms with Crippen LogP contribution in [0.1, 0.15) is 42.1 Å². The van der Waals surface area contributed by atoms with Crippen LogP contribution in [0.4, 0.5) is 0 Å². The highest BCUT2D eigenvalue weighted by Crippen LogP contribution is 2.20. The number of hydrogen-bond donors (Lipinski definition) is 1. The fourth-order valence-electron chi connectivity index (χ4n) is 2.09. The first-order chi connectivity index (χ1) is 11.1. The first kappa shape index (κ1) is 17.5.